The third kappa shape index (κ3) is 71.8. The Hall–Kier alpha value is -4.54. The molecule has 0 bridgehead atoms. The van der Waals surface area contributed by atoms with Gasteiger partial charge in [-0.15, -0.1) is 0 Å². The normalized spacial score (nSPS) is 14.6. The highest BCUT2D eigenvalue weighted by molar-refractivity contribution is 7.47. The van der Waals surface area contributed by atoms with Gasteiger partial charge in [0.25, 0.3) is 0 Å². The van der Waals surface area contributed by atoms with Gasteiger partial charge in [0.15, 0.2) is 12.2 Å². The quantitative estimate of drug-likeness (QED) is 0.0169. The molecule has 0 amide bonds. The van der Waals surface area contributed by atoms with Crippen LogP contribution in [0.25, 0.3) is 0 Å². The van der Waals surface area contributed by atoms with E-state index in [2.05, 4.69) is 149 Å². The second-order valence-electron chi connectivity index (χ2n) is 25.5. The zero-order chi connectivity index (χ0) is 73.2. The minimum Gasteiger partial charge on any atom is -0.462 e. The monoisotopic (exact) mass is 1440 g/mol. The smallest absolute Gasteiger partial charge is 0.462 e. The number of carbonyl (C=O) groups excluding carboxylic acids is 4. The van der Waals surface area contributed by atoms with E-state index in [1.807, 2.05) is 0 Å². The molecular formula is C81H138O17P2. The molecule has 0 aromatic carbocycles. The fourth-order valence-corrected chi connectivity index (χ4v) is 11.7. The predicted octanol–water partition coefficient (Wildman–Crippen LogP) is 22.3. The summed E-state index contributed by atoms with van der Waals surface area (Å²) in [5.74, 6) is -2.24. The fourth-order valence-electron chi connectivity index (χ4n) is 10.1. The summed E-state index contributed by atoms with van der Waals surface area (Å²) >= 11 is 0. The van der Waals surface area contributed by atoms with Gasteiger partial charge in [-0.05, 0) is 116 Å². The number of allylic oxidation sites excluding steroid dienone is 20. The summed E-state index contributed by atoms with van der Waals surface area (Å²) in [6.45, 7) is 4.57. The number of esters is 4. The molecule has 0 aromatic rings. The minimum absolute atomic E-state index is 0.0876. The van der Waals surface area contributed by atoms with Gasteiger partial charge in [-0.1, -0.05) is 290 Å². The lowest BCUT2D eigenvalue weighted by atomic mass is 10.1. The summed E-state index contributed by atoms with van der Waals surface area (Å²) in [4.78, 5) is 72.8. The molecular weight excluding hydrogens is 1310 g/mol. The Labute approximate surface area is 606 Å². The van der Waals surface area contributed by atoms with E-state index in [9.17, 15) is 43.2 Å². The zero-order valence-electron chi connectivity index (χ0n) is 62.6. The molecule has 0 saturated carbocycles. The molecule has 0 heterocycles. The van der Waals surface area contributed by atoms with Gasteiger partial charge in [0.05, 0.1) is 26.4 Å². The third-order valence-electron chi connectivity index (χ3n) is 16.0. The number of phosphoric acid groups is 2. The summed E-state index contributed by atoms with van der Waals surface area (Å²) in [5, 5.41) is 10.6. The molecule has 0 saturated heterocycles. The summed E-state index contributed by atoms with van der Waals surface area (Å²) < 4.78 is 68.4. The first-order valence-electron chi connectivity index (χ1n) is 38.8. The van der Waals surface area contributed by atoms with Crippen LogP contribution >= 0.6 is 15.6 Å². The van der Waals surface area contributed by atoms with Gasteiger partial charge in [-0.3, -0.25) is 37.3 Å². The van der Waals surface area contributed by atoms with E-state index in [-0.39, 0.29) is 25.7 Å². The van der Waals surface area contributed by atoms with Crippen molar-refractivity contribution in [2.75, 3.05) is 39.6 Å². The van der Waals surface area contributed by atoms with Crippen LogP contribution in [0, 0.1) is 0 Å². The molecule has 4 atom stereocenters. The average Bonchev–Trinajstić information content (AvgIpc) is 0.953. The van der Waals surface area contributed by atoms with Crippen molar-refractivity contribution in [2.45, 2.75) is 329 Å². The number of aliphatic hydroxyl groups excluding tert-OH is 1. The molecule has 0 rings (SSSR count). The maximum atomic E-state index is 13.1. The highest BCUT2D eigenvalue weighted by Crippen LogP contribution is 2.45. The largest absolute Gasteiger partial charge is 0.472 e. The molecule has 17 nitrogen and oxygen atoms in total. The Kier molecular flexibility index (Phi) is 69.5. The Morgan fingerprint density at radius 1 is 0.290 bits per heavy atom. The second kappa shape index (κ2) is 72.8. The van der Waals surface area contributed by atoms with Crippen molar-refractivity contribution in [3.63, 3.8) is 0 Å². The van der Waals surface area contributed by atoms with E-state index >= 15 is 0 Å². The van der Waals surface area contributed by atoms with Crippen molar-refractivity contribution in [1.29, 1.82) is 0 Å². The number of rotatable bonds is 72. The average molecular weight is 1450 g/mol. The predicted molar refractivity (Wildman–Crippen MR) is 408 cm³/mol. The number of hydrogen-bond donors (Lipinski definition) is 3. The fraction of sp³-hybridized carbons (Fsp3) is 0.704. The van der Waals surface area contributed by atoms with Crippen LogP contribution in [0.2, 0.25) is 0 Å². The van der Waals surface area contributed by atoms with E-state index in [0.717, 1.165) is 154 Å². The number of phosphoric ester groups is 2. The van der Waals surface area contributed by atoms with E-state index in [4.69, 9.17) is 37.0 Å². The topological polar surface area (TPSA) is 237 Å². The van der Waals surface area contributed by atoms with Crippen molar-refractivity contribution in [3.05, 3.63) is 122 Å². The number of hydrogen-bond acceptors (Lipinski definition) is 15. The first-order chi connectivity index (χ1) is 48.7. The highest BCUT2D eigenvalue weighted by Gasteiger charge is 2.30. The summed E-state index contributed by atoms with van der Waals surface area (Å²) in [6.07, 6.45) is 79.1. The third-order valence-corrected chi connectivity index (χ3v) is 17.9. The standard InChI is InChI=1S/C81H138O17P2/c1-5-9-13-17-21-25-29-31-33-35-37-39-41-43-47-49-53-57-61-65-78(83)91-71-76(97-80(85)67-63-59-55-51-45-27-23-19-15-11-7-3)73-95-99(87,88)93-69-75(82)70-94-100(89,90)96-74-77(98-81(86)68-64-60-56-52-46-28-24-20-16-12-8-4)72-92-79(84)66-62-58-54-50-48-44-42-40-38-36-34-32-30-26-22-18-14-10-6-2/h9-10,13-14,21-22,25-26,31-34,37-40,43-44,47-48,75-77,82H,5-8,11-12,15-20,23-24,27-30,35-36,41-42,45-46,49-74H2,1-4H3,(H,87,88)(H,89,90)/b13-9-,14-10-,25-21-,26-22-,33-31-,34-32-,39-37-,40-38-,47-43-,48-44-. The lowest BCUT2D eigenvalue weighted by Gasteiger charge is -2.21. The molecule has 0 spiro atoms. The Bertz CT molecular complexity index is 2210. The van der Waals surface area contributed by atoms with Crippen molar-refractivity contribution in [3.8, 4) is 0 Å². The number of ether oxygens (including phenoxy) is 4. The molecule has 0 aromatic heterocycles. The van der Waals surface area contributed by atoms with Crippen LogP contribution in [0.1, 0.15) is 310 Å². The van der Waals surface area contributed by atoms with Crippen LogP contribution < -0.4 is 0 Å². The number of unbranched alkanes of at least 4 members (excludes halogenated alkanes) is 26. The molecule has 0 radical (unpaired) electrons. The maximum absolute atomic E-state index is 13.1. The molecule has 100 heavy (non-hydrogen) atoms. The maximum Gasteiger partial charge on any atom is 0.472 e. The van der Waals surface area contributed by atoms with Gasteiger partial charge in [0.2, 0.25) is 0 Å². The molecule has 4 unspecified atom stereocenters. The van der Waals surface area contributed by atoms with Crippen LogP contribution in [0.3, 0.4) is 0 Å². The van der Waals surface area contributed by atoms with E-state index in [1.165, 1.54) is 77.0 Å². The Morgan fingerprint density at radius 3 is 0.800 bits per heavy atom. The van der Waals surface area contributed by atoms with E-state index in [0.29, 0.717) is 25.7 Å². The van der Waals surface area contributed by atoms with Gasteiger partial charge >= 0.3 is 39.5 Å². The molecule has 0 aliphatic carbocycles. The molecule has 3 N–H and O–H groups in total. The van der Waals surface area contributed by atoms with Crippen LogP contribution in [0.4, 0.5) is 0 Å². The van der Waals surface area contributed by atoms with Crippen molar-refractivity contribution in [2.24, 2.45) is 0 Å². The Balaban J connectivity index is 5.33. The minimum atomic E-state index is -4.98. The molecule has 19 heteroatoms. The van der Waals surface area contributed by atoms with E-state index in [1.54, 1.807) is 0 Å². The summed E-state index contributed by atoms with van der Waals surface area (Å²) in [7, 11) is -9.96. The van der Waals surface area contributed by atoms with Gasteiger partial charge in [0, 0.05) is 25.7 Å². The van der Waals surface area contributed by atoms with Gasteiger partial charge < -0.3 is 33.8 Å². The molecule has 0 fully saturated rings. The highest BCUT2D eigenvalue weighted by atomic mass is 31.2. The van der Waals surface area contributed by atoms with Gasteiger partial charge in [-0.25, -0.2) is 9.13 Å². The van der Waals surface area contributed by atoms with Crippen molar-refractivity contribution < 1.29 is 80.2 Å². The van der Waals surface area contributed by atoms with Crippen LogP contribution in [0.15, 0.2) is 122 Å². The molecule has 574 valence electrons. The lowest BCUT2D eigenvalue weighted by Crippen LogP contribution is -2.30. The first kappa shape index (κ1) is 95.5. The summed E-state index contributed by atoms with van der Waals surface area (Å²) in [5.41, 5.74) is 0. The van der Waals surface area contributed by atoms with E-state index < -0.39 is 97.5 Å². The van der Waals surface area contributed by atoms with Gasteiger partial charge in [-0.2, -0.15) is 0 Å². The zero-order valence-corrected chi connectivity index (χ0v) is 64.4. The second-order valence-corrected chi connectivity index (χ2v) is 28.5. The van der Waals surface area contributed by atoms with Crippen molar-refractivity contribution in [1.82, 2.24) is 0 Å². The SMILES string of the molecule is CC/C=C\C/C=C\C/C=C\C/C=C\C/C=C\CCCCCC(=O)OCC(COP(=O)(O)OCC(O)COP(=O)(O)OCC(COC(=O)CCCCC/C=C\C/C=C\C/C=C\C/C=C\C/C=C\CC)OC(=O)CCCCCCCCCCCCC)OC(=O)CCCCCCCCCCCCC. The Morgan fingerprint density at radius 2 is 0.520 bits per heavy atom. The molecule has 0 aliphatic heterocycles. The van der Waals surface area contributed by atoms with Gasteiger partial charge in [0.1, 0.15) is 19.3 Å². The van der Waals surface area contributed by atoms with Crippen molar-refractivity contribution >= 4 is 39.5 Å². The van der Waals surface area contributed by atoms with Crippen LogP contribution in [-0.4, -0.2) is 96.7 Å². The molecule has 0 aliphatic rings. The number of carbonyl (C=O) groups is 4. The van der Waals surface area contributed by atoms with Crippen LogP contribution in [0.5, 0.6) is 0 Å². The lowest BCUT2D eigenvalue weighted by molar-refractivity contribution is -0.161. The number of aliphatic hydroxyl groups is 1. The summed E-state index contributed by atoms with van der Waals surface area (Å²) in [6, 6.07) is 0. The van der Waals surface area contributed by atoms with Crippen LogP contribution in [-0.2, 0) is 65.4 Å². The first-order valence-corrected chi connectivity index (χ1v) is 41.8.